The molecule has 1 rings (SSSR count). The lowest BCUT2D eigenvalue weighted by molar-refractivity contribution is -0.149. The molecule has 0 aromatic carbocycles. The third kappa shape index (κ3) is 2.88. The minimum absolute atomic E-state index is 0.139. The van der Waals surface area contributed by atoms with Gasteiger partial charge in [-0.25, -0.2) is 0 Å². The lowest BCUT2D eigenvalue weighted by Crippen LogP contribution is -2.34. The van der Waals surface area contributed by atoms with Crippen molar-refractivity contribution in [3.8, 4) is 0 Å². The molecule has 0 unspecified atom stereocenters. The molecule has 0 saturated carbocycles. The number of carbonyl (C=O) groups excluding carboxylic acids is 1. The van der Waals surface area contributed by atoms with E-state index in [0.717, 1.165) is 19.0 Å². The molecule has 13 heavy (non-hydrogen) atoms. The van der Waals surface area contributed by atoms with Crippen LogP contribution in [0.25, 0.3) is 0 Å². The zero-order chi connectivity index (χ0) is 9.90. The quantitative estimate of drug-likeness (QED) is 0.647. The van der Waals surface area contributed by atoms with E-state index >= 15 is 0 Å². The summed E-state index contributed by atoms with van der Waals surface area (Å²) in [5.41, 5.74) is -0.380. The van der Waals surface area contributed by atoms with Crippen LogP contribution in [0.5, 0.6) is 0 Å². The van der Waals surface area contributed by atoms with E-state index in [-0.39, 0.29) is 11.4 Å². The van der Waals surface area contributed by atoms with Gasteiger partial charge in [0.1, 0.15) is 0 Å². The van der Waals surface area contributed by atoms with Crippen molar-refractivity contribution in [3.05, 3.63) is 0 Å². The van der Waals surface area contributed by atoms with Crippen LogP contribution in [0.3, 0.4) is 0 Å². The predicted octanol–water partition coefficient (Wildman–Crippen LogP) is 1.32. The van der Waals surface area contributed by atoms with E-state index in [4.69, 9.17) is 9.47 Å². The molecule has 0 spiro atoms. The third-order valence-electron chi connectivity index (χ3n) is 2.03. The average molecular weight is 204 g/mol. The van der Waals surface area contributed by atoms with Gasteiger partial charge in [0.05, 0.1) is 31.0 Å². The van der Waals surface area contributed by atoms with E-state index in [9.17, 15) is 4.79 Å². The molecule has 76 valence electrons. The van der Waals surface area contributed by atoms with E-state index in [1.165, 1.54) is 7.11 Å². The largest absolute Gasteiger partial charge is 0.469 e. The Morgan fingerprint density at radius 1 is 1.62 bits per heavy atom. The van der Waals surface area contributed by atoms with Gasteiger partial charge in [-0.3, -0.25) is 4.79 Å². The van der Waals surface area contributed by atoms with E-state index in [1.54, 1.807) is 11.8 Å². The van der Waals surface area contributed by atoms with Gasteiger partial charge < -0.3 is 9.47 Å². The standard InChI is InChI=1S/C9H16O3S/c1-9(2,8(10)11-3)6-13-7-4-12-5-7/h7H,4-6H2,1-3H3. The first-order valence-corrected chi connectivity index (χ1v) is 5.39. The summed E-state index contributed by atoms with van der Waals surface area (Å²) in [6, 6.07) is 0. The number of thioether (sulfide) groups is 1. The van der Waals surface area contributed by atoms with Gasteiger partial charge in [0, 0.05) is 5.75 Å². The maximum atomic E-state index is 11.3. The van der Waals surface area contributed by atoms with Crippen LogP contribution in [0, 0.1) is 5.41 Å². The Balaban J connectivity index is 2.27. The molecule has 0 N–H and O–H groups in total. The molecular formula is C9H16O3S. The van der Waals surface area contributed by atoms with Crippen molar-refractivity contribution in [2.75, 3.05) is 26.1 Å². The minimum atomic E-state index is -0.380. The van der Waals surface area contributed by atoms with Gasteiger partial charge in [0.25, 0.3) is 0 Å². The fourth-order valence-electron chi connectivity index (χ4n) is 0.972. The molecule has 0 aromatic rings. The zero-order valence-corrected chi connectivity index (χ0v) is 9.15. The molecular weight excluding hydrogens is 188 g/mol. The van der Waals surface area contributed by atoms with Crippen molar-refractivity contribution in [2.24, 2.45) is 5.41 Å². The zero-order valence-electron chi connectivity index (χ0n) is 8.33. The fourth-order valence-corrected chi connectivity index (χ4v) is 2.13. The van der Waals surface area contributed by atoms with Crippen molar-refractivity contribution in [1.29, 1.82) is 0 Å². The van der Waals surface area contributed by atoms with Gasteiger partial charge in [0.2, 0.25) is 0 Å². The predicted molar refractivity (Wildman–Crippen MR) is 52.9 cm³/mol. The van der Waals surface area contributed by atoms with Crippen LogP contribution in [0.2, 0.25) is 0 Å². The summed E-state index contributed by atoms with van der Waals surface area (Å²) in [7, 11) is 1.43. The average Bonchev–Trinajstić information content (AvgIpc) is 1.99. The summed E-state index contributed by atoms with van der Waals surface area (Å²) in [6.07, 6.45) is 0. The number of methoxy groups -OCH3 is 1. The number of hydrogen-bond donors (Lipinski definition) is 0. The minimum Gasteiger partial charge on any atom is -0.469 e. The molecule has 4 heteroatoms. The van der Waals surface area contributed by atoms with Crippen LogP contribution >= 0.6 is 11.8 Å². The monoisotopic (exact) mass is 204 g/mol. The van der Waals surface area contributed by atoms with Crippen molar-refractivity contribution >= 4 is 17.7 Å². The van der Waals surface area contributed by atoms with E-state index in [0.29, 0.717) is 5.25 Å². The molecule has 1 aliphatic heterocycles. The molecule has 1 saturated heterocycles. The number of carbonyl (C=O) groups is 1. The molecule has 0 radical (unpaired) electrons. The molecule has 0 atom stereocenters. The van der Waals surface area contributed by atoms with E-state index < -0.39 is 0 Å². The summed E-state index contributed by atoms with van der Waals surface area (Å²) >= 11 is 1.79. The lowest BCUT2D eigenvalue weighted by Gasteiger charge is -2.29. The van der Waals surface area contributed by atoms with Gasteiger partial charge in [-0.15, -0.1) is 0 Å². The first-order valence-electron chi connectivity index (χ1n) is 4.34. The topological polar surface area (TPSA) is 35.5 Å². The first kappa shape index (κ1) is 10.9. The van der Waals surface area contributed by atoms with Crippen LogP contribution in [-0.4, -0.2) is 37.3 Å². The van der Waals surface area contributed by atoms with Crippen LogP contribution in [0.1, 0.15) is 13.8 Å². The number of esters is 1. The Labute approximate surface area is 83.2 Å². The highest BCUT2D eigenvalue weighted by atomic mass is 32.2. The SMILES string of the molecule is COC(=O)C(C)(C)CSC1COC1. The summed E-state index contributed by atoms with van der Waals surface area (Å²) < 4.78 is 9.77. The summed E-state index contributed by atoms with van der Waals surface area (Å²) in [5, 5.41) is 0.573. The van der Waals surface area contributed by atoms with E-state index in [1.807, 2.05) is 13.8 Å². The van der Waals surface area contributed by atoms with Crippen molar-refractivity contribution in [2.45, 2.75) is 19.1 Å². The smallest absolute Gasteiger partial charge is 0.312 e. The van der Waals surface area contributed by atoms with Gasteiger partial charge in [0.15, 0.2) is 0 Å². The van der Waals surface area contributed by atoms with Crippen molar-refractivity contribution < 1.29 is 14.3 Å². The maximum Gasteiger partial charge on any atom is 0.312 e. The van der Waals surface area contributed by atoms with Gasteiger partial charge in [-0.05, 0) is 13.8 Å². The molecule has 0 amide bonds. The highest BCUT2D eigenvalue weighted by molar-refractivity contribution is 8.00. The molecule has 0 aliphatic carbocycles. The van der Waals surface area contributed by atoms with E-state index in [2.05, 4.69) is 0 Å². The number of ether oxygens (including phenoxy) is 2. The Morgan fingerprint density at radius 2 is 2.23 bits per heavy atom. The van der Waals surface area contributed by atoms with Crippen molar-refractivity contribution in [3.63, 3.8) is 0 Å². The molecule has 1 heterocycles. The molecule has 3 nitrogen and oxygen atoms in total. The third-order valence-corrected chi connectivity index (χ3v) is 3.66. The second-order valence-corrected chi connectivity index (χ2v) is 5.13. The summed E-state index contributed by atoms with van der Waals surface area (Å²) in [4.78, 5) is 11.3. The number of rotatable bonds is 4. The Kier molecular flexibility index (Phi) is 3.62. The van der Waals surface area contributed by atoms with Crippen molar-refractivity contribution in [1.82, 2.24) is 0 Å². The Hall–Kier alpha value is -0.220. The van der Waals surface area contributed by atoms with Crippen LogP contribution in [0.15, 0.2) is 0 Å². The Morgan fingerprint density at radius 3 is 2.62 bits per heavy atom. The summed E-state index contributed by atoms with van der Waals surface area (Å²) in [6.45, 7) is 5.46. The molecule has 1 fully saturated rings. The van der Waals surface area contributed by atoms with Crippen LogP contribution in [0.4, 0.5) is 0 Å². The van der Waals surface area contributed by atoms with Gasteiger partial charge in [-0.2, -0.15) is 11.8 Å². The Bertz CT molecular complexity index is 187. The molecule has 1 aliphatic rings. The maximum absolute atomic E-state index is 11.3. The van der Waals surface area contributed by atoms with Gasteiger partial charge in [-0.1, -0.05) is 0 Å². The van der Waals surface area contributed by atoms with Crippen LogP contribution < -0.4 is 0 Å². The first-order chi connectivity index (χ1) is 6.06. The lowest BCUT2D eigenvalue weighted by atomic mass is 9.97. The highest BCUT2D eigenvalue weighted by Gasteiger charge is 2.31. The van der Waals surface area contributed by atoms with Gasteiger partial charge >= 0.3 is 5.97 Å². The molecule has 0 aromatic heterocycles. The number of hydrogen-bond acceptors (Lipinski definition) is 4. The highest BCUT2D eigenvalue weighted by Crippen LogP contribution is 2.28. The molecule has 0 bridgehead atoms. The normalized spacial score (nSPS) is 18.1. The van der Waals surface area contributed by atoms with Crippen LogP contribution in [-0.2, 0) is 14.3 Å². The second-order valence-electron chi connectivity index (χ2n) is 3.85. The fraction of sp³-hybridized carbons (Fsp3) is 0.889. The summed E-state index contributed by atoms with van der Waals surface area (Å²) in [5.74, 6) is 0.661. The second kappa shape index (κ2) is 4.33.